The zero-order chi connectivity index (χ0) is 14.8. The summed E-state index contributed by atoms with van der Waals surface area (Å²) in [6.07, 6.45) is 0.326. The molecule has 2 rings (SSSR count). The van der Waals surface area contributed by atoms with Gasteiger partial charge in [-0.15, -0.1) is 0 Å². The molecule has 7 nitrogen and oxygen atoms in total. The van der Waals surface area contributed by atoms with E-state index >= 15 is 0 Å². The van der Waals surface area contributed by atoms with Crippen molar-refractivity contribution in [3.8, 4) is 0 Å². The molecule has 1 aromatic heterocycles. The van der Waals surface area contributed by atoms with Gasteiger partial charge in [-0.05, 0) is 41.1 Å². The van der Waals surface area contributed by atoms with Gasteiger partial charge in [0, 0.05) is 23.1 Å². The van der Waals surface area contributed by atoms with E-state index in [1.54, 1.807) is 6.92 Å². The number of aryl methyl sites for hydroxylation is 1. The molecule has 0 saturated carbocycles. The van der Waals surface area contributed by atoms with Gasteiger partial charge in [0.1, 0.15) is 0 Å². The quantitative estimate of drug-likeness (QED) is 0.776. The smallest absolute Gasteiger partial charge is 0.241 e. The second-order valence-corrected chi connectivity index (χ2v) is 6.66. The standard InChI is InChI=1S/C11H13BrN4O3S/c1-7-15-11(19-16-7)4-5-14-20(17,18)10-3-2-8(13)6-9(10)12/h2-3,6,14H,4-5,13H2,1H3. The van der Waals surface area contributed by atoms with Gasteiger partial charge < -0.3 is 10.3 Å². The van der Waals surface area contributed by atoms with Crippen molar-refractivity contribution in [1.82, 2.24) is 14.9 Å². The Bertz CT molecular complexity index is 714. The number of nitrogens with zero attached hydrogens (tertiary/aromatic N) is 2. The predicted octanol–water partition coefficient (Wildman–Crippen LogP) is 1.24. The van der Waals surface area contributed by atoms with Crippen LogP contribution in [0.2, 0.25) is 0 Å². The minimum Gasteiger partial charge on any atom is -0.399 e. The molecule has 20 heavy (non-hydrogen) atoms. The molecule has 0 spiro atoms. The number of sulfonamides is 1. The van der Waals surface area contributed by atoms with E-state index in [4.69, 9.17) is 10.3 Å². The fourth-order valence-electron chi connectivity index (χ4n) is 1.55. The van der Waals surface area contributed by atoms with Crippen LogP contribution in [0.4, 0.5) is 5.69 Å². The largest absolute Gasteiger partial charge is 0.399 e. The van der Waals surface area contributed by atoms with Gasteiger partial charge in [-0.1, -0.05) is 5.16 Å². The summed E-state index contributed by atoms with van der Waals surface area (Å²) in [4.78, 5) is 4.13. The number of nitrogens with two attached hydrogens (primary N) is 1. The van der Waals surface area contributed by atoms with Gasteiger partial charge in [-0.3, -0.25) is 0 Å². The maximum atomic E-state index is 12.1. The second kappa shape index (κ2) is 5.90. The molecular weight excluding hydrogens is 348 g/mol. The van der Waals surface area contributed by atoms with Crippen LogP contribution in [0, 0.1) is 6.92 Å². The Labute approximate surface area is 124 Å². The summed E-state index contributed by atoms with van der Waals surface area (Å²) in [5.41, 5.74) is 6.06. The van der Waals surface area contributed by atoms with Gasteiger partial charge in [0.05, 0.1) is 4.90 Å². The van der Waals surface area contributed by atoms with Gasteiger partial charge in [-0.2, -0.15) is 4.98 Å². The lowest BCUT2D eigenvalue weighted by Gasteiger charge is -2.08. The molecule has 1 heterocycles. The number of nitrogen functional groups attached to an aromatic ring is 1. The molecule has 0 amide bonds. The molecule has 0 atom stereocenters. The number of nitrogens with one attached hydrogen (secondary N) is 1. The van der Waals surface area contributed by atoms with Crippen molar-refractivity contribution >= 4 is 31.6 Å². The number of hydrogen-bond donors (Lipinski definition) is 2. The fourth-order valence-corrected chi connectivity index (χ4v) is 3.67. The van der Waals surface area contributed by atoms with Crippen LogP contribution >= 0.6 is 15.9 Å². The molecule has 0 aliphatic heterocycles. The number of benzene rings is 1. The summed E-state index contributed by atoms with van der Waals surface area (Å²) in [7, 11) is -3.61. The van der Waals surface area contributed by atoms with Gasteiger partial charge in [0.2, 0.25) is 15.9 Å². The summed E-state index contributed by atoms with van der Waals surface area (Å²) in [6.45, 7) is 1.86. The van der Waals surface area contributed by atoms with Gasteiger partial charge in [0.25, 0.3) is 0 Å². The topological polar surface area (TPSA) is 111 Å². The van der Waals surface area contributed by atoms with E-state index in [9.17, 15) is 8.42 Å². The van der Waals surface area contributed by atoms with E-state index in [-0.39, 0.29) is 11.4 Å². The van der Waals surface area contributed by atoms with Crippen LogP contribution in [0.25, 0.3) is 0 Å². The van der Waals surface area contributed by atoms with Crippen LogP contribution in [0.5, 0.6) is 0 Å². The Morgan fingerprint density at radius 3 is 2.80 bits per heavy atom. The van der Waals surface area contributed by atoms with Crippen molar-refractivity contribution in [1.29, 1.82) is 0 Å². The Kier molecular flexibility index (Phi) is 4.41. The van der Waals surface area contributed by atoms with Gasteiger partial charge in [-0.25, -0.2) is 13.1 Å². The Balaban J connectivity index is 2.04. The highest BCUT2D eigenvalue weighted by molar-refractivity contribution is 9.10. The molecule has 2 aromatic rings. The summed E-state index contributed by atoms with van der Waals surface area (Å²) in [5, 5.41) is 3.63. The number of halogens is 1. The molecule has 0 saturated heterocycles. The Morgan fingerprint density at radius 1 is 1.45 bits per heavy atom. The summed E-state index contributed by atoms with van der Waals surface area (Å²) in [6, 6.07) is 4.51. The van der Waals surface area contributed by atoms with Crippen LogP contribution in [-0.4, -0.2) is 25.1 Å². The van der Waals surface area contributed by atoms with Crippen LogP contribution in [0.3, 0.4) is 0 Å². The molecule has 108 valence electrons. The number of anilines is 1. The average molecular weight is 361 g/mol. The lowest BCUT2D eigenvalue weighted by atomic mass is 10.3. The third-order valence-corrected chi connectivity index (χ3v) is 4.88. The first-order valence-electron chi connectivity index (χ1n) is 5.72. The number of aromatic nitrogens is 2. The molecule has 0 bridgehead atoms. The van der Waals surface area contributed by atoms with Crippen molar-refractivity contribution < 1.29 is 12.9 Å². The highest BCUT2D eigenvalue weighted by atomic mass is 79.9. The molecular formula is C11H13BrN4O3S. The van der Waals surface area contributed by atoms with Crippen molar-refractivity contribution in [3.63, 3.8) is 0 Å². The van der Waals surface area contributed by atoms with Gasteiger partial charge >= 0.3 is 0 Å². The SMILES string of the molecule is Cc1noc(CCNS(=O)(=O)c2ccc(N)cc2Br)n1. The summed E-state index contributed by atoms with van der Waals surface area (Å²) < 4.78 is 32.0. The number of rotatable bonds is 5. The van der Waals surface area contributed by atoms with E-state index in [0.29, 0.717) is 28.3 Å². The van der Waals surface area contributed by atoms with Crippen LogP contribution in [0.15, 0.2) is 32.1 Å². The zero-order valence-electron chi connectivity index (χ0n) is 10.6. The van der Waals surface area contributed by atoms with E-state index in [2.05, 4.69) is 30.8 Å². The predicted molar refractivity (Wildman–Crippen MR) is 76.5 cm³/mol. The van der Waals surface area contributed by atoms with Crippen molar-refractivity contribution in [3.05, 3.63) is 34.4 Å². The lowest BCUT2D eigenvalue weighted by Crippen LogP contribution is -2.26. The Hall–Kier alpha value is -1.45. The Morgan fingerprint density at radius 2 is 2.20 bits per heavy atom. The van der Waals surface area contributed by atoms with E-state index < -0.39 is 10.0 Å². The zero-order valence-corrected chi connectivity index (χ0v) is 13.0. The molecule has 0 unspecified atom stereocenters. The van der Waals surface area contributed by atoms with Crippen molar-refractivity contribution in [2.75, 3.05) is 12.3 Å². The molecule has 1 aromatic carbocycles. The third-order valence-electron chi connectivity index (χ3n) is 2.45. The van der Waals surface area contributed by atoms with Crippen LogP contribution < -0.4 is 10.5 Å². The van der Waals surface area contributed by atoms with Crippen LogP contribution in [-0.2, 0) is 16.4 Å². The van der Waals surface area contributed by atoms with E-state index in [1.165, 1.54) is 18.2 Å². The minimum absolute atomic E-state index is 0.133. The van der Waals surface area contributed by atoms with Gasteiger partial charge in [0.15, 0.2) is 5.82 Å². The molecule has 0 radical (unpaired) electrons. The first-order valence-corrected chi connectivity index (χ1v) is 8.00. The molecule has 0 fully saturated rings. The number of hydrogen-bond acceptors (Lipinski definition) is 6. The van der Waals surface area contributed by atoms with Crippen LogP contribution in [0.1, 0.15) is 11.7 Å². The van der Waals surface area contributed by atoms with Crippen molar-refractivity contribution in [2.45, 2.75) is 18.2 Å². The third kappa shape index (κ3) is 3.56. The maximum absolute atomic E-state index is 12.1. The summed E-state index contributed by atoms with van der Waals surface area (Å²) in [5.74, 6) is 0.908. The molecule has 0 aliphatic rings. The fraction of sp³-hybridized carbons (Fsp3) is 0.273. The monoisotopic (exact) mass is 360 g/mol. The first kappa shape index (κ1) is 14.9. The highest BCUT2D eigenvalue weighted by Crippen LogP contribution is 2.23. The summed E-state index contributed by atoms with van der Waals surface area (Å²) >= 11 is 3.18. The highest BCUT2D eigenvalue weighted by Gasteiger charge is 2.17. The lowest BCUT2D eigenvalue weighted by molar-refractivity contribution is 0.375. The minimum atomic E-state index is -3.61. The van der Waals surface area contributed by atoms with Crippen molar-refractivity contribution in [2.24, 2.45) is 0 Å². The van der Waals surface area contributed by atoms with E-state index in [1.807, 2.05) is 0 Å². The van der Waals surface area contributed by atoms with E-state index in [0.717, 1.165) is 0 Å². The second-order valence-electron chi connectivity index (χ2n) is 4.07. The maximum Gasteiger partial charge on any atom is 0.241 e. The normalized spacial score (nSPS) is 11.7. The molecule has 3 N–H and O–H groups in total. The molecule has 0 aliphatic carbocycles. The first-order chi connectivity index (χ1) is 9.38. The average Bonchev–Trinajstić information content (AvgIpc) is 2.74. The molecule has 9 heteroatoms.